The van der Waals surface area contributed by atoms with Crippen LogP contribution in [0.5, 0.6) is 5.88 Å². The molecule has 1 fully saturated rings. The van der Waals surface area contributed by atoms with E-state index >= 15 is 0 Å². The molecule has 4 rings (SSSR count). The summed E-state index contributed by atoms with van der Waals surface area (Å²) < 4.78 is 43.6. The van der Waals surface area contributed by atoms with Gasteiger partial charge in [-0.05, 0) is 18.2 Å². The molecule has 1 aromatic carbocycles. The number of likely N-dealkylation sites (tertiary alicyclic amines) is 1. The molecule has 0 N–H and O–H groups in total. The lowest BCUT2D eigenvalue weighted by Crippen LogP contribution is -2.56. The fourth-order valence-corrected chi connectivity index (χ4v) is 2.85. The van der Waals surface area contributed by atoms with Gasteiger partial charge in [0.05, 0.1) is 24.2 Å². The molecule has 1 amide bonds. The van der Waals surface area contributed by atoms with Gasteiger partial charge < -0.3 is 9.64 Å². The fourth-order valence-electron chi connectivity index (χ4n) is 2.85. The molecule has 27 heavy (non-hydrogen) atoms. The summed E-state index contributed by atoms with van der Waals surface area (Å²) in [4.78, 5) is 22.2. The van der Waals surface area contributed by atoms with Crippen LogP contribution in [0.3, 0.4) is 0 Å². The first-order chi connectivity index (χ1) is 12.9. The third-order valence-corrected chi connectivity index (χ3v) is 4.30. The van der Waals surface area contributed by atoms with Gasteiger partial charge in [-0.2, -0.15) is 13.2 Å². The van der Waals surface area contributed by atoms with Crippen LogP contribution in [0, 0.1) is 0 Å². The summed E-state index contributed by atoms with van der Waals surface area (Å²) in [6.45, 7) is 0.538. The minimum Gasteiger partial charge on any atom is -0.471 e. The minimum atomic E-state index is -4.45. The Morgan fingerprint density at radius 1 is 1.11 bits per heavy atom. The van der Waals surface area contributed by atoms with Crippen molar-refractivity contribution in [3.63, 3.8) is 0 Å². The van der Waals surface area contributed by atoms with E-state index in [1.54, 1.807) is 6.07 Å². The standard InChI is InChI=1S/C19H14F3N3O2/c20-19(21,22)13-7-8-23-17(9-13)27-14-10-25(11-14)18(26)16-6-5-12-3-1-2-4-15(12)24-16/h1-9,14H,10-11H2. The summed E-state index contributed by atoms with van der Waals surface area (Å²) in [5, 5.41) is 0.939. The van der Waals surface area contributed by atoms with Crippen LogP contribution in [0.4, 0.5) is 13.2 Å². The van der Waals surface area contributed by atoms with Crippen LogP contribution in [0.1, 0.15) is 16.1 Å². The van der Waals surface area contributed by atoms with Crippen molar-refractivity contribution in [2.45, 2.75) is 12.3 Å². The van der Waals surface area contributed by atoms with Crippen molar-refractivity contribution in [3.05, 3.63) is 66.0 Å². The number of nitrogens with zero attached hydrogens (tertiary/aromatic N) is 3. The number of amides is 1. The Balaban J connectivity index is 1.39. The van der Waals surface area contributed by atoms with Gasteiger partial charge in [-0.25, -0.2) is 9.97 Å². The molecule has 0 bridgehead atoms. The van der Waals surface area contributed by atoms with Gasteiger partial charge >= 0.3 is 6.18 Å². The van der Waals surface area contributed by atoms with Crippen molar-refractivity contribution in [2.24, 2.45) is 0 Å². The predicted octanol–water partition coefficient (Wildman–Crippen LogP) is 3.55. The van der Waals surface area contributed by atoms with E-state index in [2.05, 4.69) is 9.97 Å². The second-order valence-electron chi connectivity index (χ2n) is 6.22. The number of carbonyl (C=O) groups excluding carboxylic acids is 1. The third kappa shape index (κ3) is 3.55. The van der Waals surface area contributed by atoms with Crippen LogP contribution in [0.25, 0.3) is 10.9 Å². The second kappa shape index (κ2) is 6.53. The van der Waals surface area contributed by atoms with Gasteiger partial charge in [0.15, 0.2) is 0 Å². The van der Waals surface area contributed by atoms with E-state index in [0.717, 1.165) is 29.2 Å². The first-order valence-corrected chi connectivity index (χ1v) is 8.25. The number of rotatable bonds is 3. The molecule has 3 heterocycles. The molecule has 0 saturated carbocycles. The van der Waals surface area contributed by atoms with Crippen LogP contribution in [0.15, 0.2) is 54.7 Å². The zero-order chi connectivity index (χ0) is 19.0. The molecule has 1 aliphatic rings. The van der Waals surface area contributed by atoms with Crippen LogP contribution in [-0.2, 0) is 6.18 Å². The molecule has 8 heteroatoms. The number of aromatic nitrogens is 2. The lowest BCUT2D eigenvalue weighted by molar-refractivity contribution is -0.137. The van der Waals surface area contributed by atoms with Crippen molar-refractivity contribution in [2.75, 3.05) is 13.1 Å². The molecule has 0 atom stereocenters. The molecule has 1 aliphatic heterocycles. The lowest BCUT2D eigenvalue weighted by atomic mass is 10.1. The van der Waals surface area contributed by atoms with Gasteiger partial charge in [0.2, 0.25) is 5.88 Å². The van der Waals surface area contributed by atoms with Gasteiger partial charge in [-0.1, -0.05) is 24.3 Å². The molecular weight excluding hydrogens is 359 g/mol. The van der Waals surface area contributed by atoms with Crippen LogP contribution >= 0.6 is 0 Å². The zero-order valence-electron chi connectivity index (χ0n) is 14.0. The summed E-state index contributed by atoms with van der Waals surface area (Å²) in [5.41, 5.74) is 0.231. The van der Waals surface area contributed by atoms with Gasteiger partial charge in [0.1, 0.15) is 11.8 Å². The Labute approximate surface area is 152 Å². The normalized spacial score (nSPS) is 14.9. The highest BCUT2D eigenvalue weighted by molar-refractivity contribution is 5.95. The molecule has 0 radical (unpaired) electrons. The minimum absolute atomic E-state index is 0.106. The Morgan fingerprint density at radius 2 is 1.89 bits per heavy atom. The van der Waals surface area contributed by atoms with Crippen molar-refractivity contribution < 1.29 is 22.7 Å². The Hall–Kier alpha value is -3.16. The highest BCUT2D eigenvalue weighted by atomic mass is 19.4. The maximum Gasteiger partial charge on any atom is 0.416 e. The summed E-state index contributed by atoms with van der Waals surface area (Å²) in [7, 11) is 0. The van der Waals surface area contributed by atoms with E-state index < -0.39 is 17.8 Å². The molecule has 1 saturated heterocycles. The van der Waals surface area contributed by atoms with Gasteiger partial charge in [-0.3, -0.25) is 4.79 Å². The summed E-state index contributed by atoms with van der Waals surface area (Å²) in [5.74, 6) is -0.344. The van der Waals surface area contributed by atoms with E-state index in [1.807, 2.05) is 30.3 Å². The largest absolute Gasteiger partial charge is 0.471 e. The van der Waals surface area contributed by atoms with E-state index in [1.165, 1.54) is 4.90 Å². The molecular formula is C19H14F3N3O2. The van der Waals surface area contributed by atoms with Crippen LogP contribution in [0.2, 0.25) is 0 Å². The van der Waals surface area contributed by atoms with Crippen molar-refractivity contribution in [1.82, 2.24) is 14.9 Å². The number of carbonyl (C=O) groups is 1. The highest BCUT2D eigenvalue weighted by Gasteiger charge is 2.35. The molecule has 2 aromatic heterocycles. The summed E-state index contributed by atoms with van der Waals surface area (Å²) in [6, 6.07) is 12.7. The Bertz CT molecular complexity index is 1000. The number of para-hydroxylation sites is 1. The Kier molecular flexibility index (Phi) is 4.18. The quantitative estimate of drug-likeness (QED) is 0.705. The summed E-state index contributed by atoms with van der Waals surface area (Å²) in [6.07, 6.45) is -3.80. The SMILES string of the molecule is O=C(c1ccc2ccccc2n1)N1CC(Oc2cc(C(F)(F)F)ccn2)C1. The smallest absolute Gasteiger partial charge is 0.416 e. The topological polar surface area (TPSA) is 55.3 Å². The molecule has 0 unspecified atom stereocenters. The van der Waals surface area contributed by atoms with Crippen LogP contribution in [-0.4, -0.2) is 40.0 Å². The van der Waals surface area contributed by atoms with Gasteiger partial charge in [0.25, 0.3) is 5.91 Å². The number of hydrogen-bond donors (Lipinski definition) is 0. The second-order valence-corrected chi connectivity index (χ2v) is 6.22. The number of benzene rings is 1. The molecule has 3 aromatic rings. The van der Waals surface area contributed by atoms with Crippen LogP contribution < -0.4 is 4.74 Å². The third-order valence-electron chi connectivity index (χ3n) is 4.30. The molecule has 5 nitrogen and oxygen atoms in total. The predicted molar refractivity (Wildman–Crippen MR) is 91.3 cm³/mol. The maximum atomic E-state index is 12.7. The number of hydrogen-bond acceptors (Lipinski definition) is 4. The van der Waals surface area contributed by atoms with E-state index in [0.29, 0.717) is 5.69 Å². The van der Waals surface area contributed by atoms with E-state index in [4.69, 9.17) is 4.74 Å². The number of ether oxygens (including phenoxy) is 1. The maximum absolute atomic E-state index is 12.7. The van der Waals surface area contributed by atoms with Crippen molar-refractivity contribution >= 4 is 16.8 Å². The molecule has 0 spiro atoms. The van der Waals surface area contributed by atoms with Gasteiger partial charge in [0, 0.05) is 17.6 Å². The first kappa shape index (κ1) is 17.3. The first-order valence-electron chi connectivity index (χ1n) is 8.25. The molecule has 0 aliphatic carbocycles. The Morgan fingerprint density at radius 3 is 2.67 bits per heavy atom. The summed E-state index contributed by atoms with van der Waals surface area (Å²) >= 11 is 0. The molecule has 138 valence electrons. The number of alkyl halides is 3. The number of fused-ring (bicyclic) bond motifs is 1. The fraction of sp³-hybridized carbons (Fsp3) is 0.211. The zero-order valence-corrected chi connectivity index (χ0v) is 14.0. The van der Waals surface area contributed by atoms with Crippen molar-refractivity contribution in [1.29, 1.82) is 0 Å². The average molecular weight is 373 g/mol. The van der Waals surface area contributed by atoms with E-state index in [-0.39, 0.29) is 24.9 Å². The lowest BCUT2D eigenvalue weighted by Gasteiger charge is -2.38. The van der Waals surface area contributed by atoms with Gasteiger partial charge in [-0.15, -0.1) is 0 Å². The average Bonchev–Trinajstić information content (AvgIpc) is 2.63. The van der Waals surface area contributed by atoms with Crippen molar-refractivity contribution in [3.8, 4) is 5.88 Å². The van der Waals surface area contributed by atoms with E-state index in [9.17, 15) is 18.0 Å². The number of halogens is 3. The number of pyridine rings is 2. The monoisotopic (exact) mass is 373 g/mol. The highest BCUT2D eigenvalue weighted by Crippen LogP contribution is 2.31.